The van der Waals surface area contributed by atoms with Crippen LogP contribution in [-0.2, 0) is 13.5 Å². The quantitative estimate of drug-likeness (QED) is 0.916. The van der Waals surface area contributed by atoms with Crippen LogP contribution < -0.4 is 5.73 Å². The standard InChI is InChI=1S/C16H21N3/c1-10-16(11(2)19(3)18-10)15(17)9-13-8-12-6-4-5-7-14(12)13/h4-7,13,15H,8-9,17H2,1-3H3. The average molecular weight is 255 g/mol. The Kier molecular flexibility index (Phi) is 2.94. The average Bonchev–Trinajstić information content (AvgIpc) is 2.60. The number of nitrogens with zero attached hydrogens (tertiary/aromatic N) is 2. The fraction of sp³-hybridized carbons (Fsp3) is 0.438. The maximum atomic E-state index is 6.42. The lowest BCUT2D eigenvalue weighted by Gasteiger charge is -2.32. The molecule has 0 saturated carbocycles. The highest BCUT2D eigenvalue weighted by molar-refractivity contribution is 5.40. The van der Waals surface area contributed by atoms with E-state index in [0.29, 0.717) is 5.92 Å². The van der Waals surface area contributed by atoms with E-state index in [1.165, 1.54) is 28.8 Å². The first-order valence-corrected chi connectivity index (χ1v) is 6.91. The van der Waals surface area contributed by atoms with Crippen LogP contribution in [0.25, 0.3) is 0 Å². The van der Waals surface area contributed by atoms with Gasteiger partial charge in [-0.3, -0.25) is 4.68 Å². The van der Waals surface area contributed by atoms with Crippen molar-refractivity contribution >= 4 is 0 Å². The number of benzene rings is 1. The van der Waals surface area contributed by atoms with Gasteiger partial charge in [0.15, 0.2) is 0 Å². The molecule has 0 radical (unpaired) electrons. The molecule has 0 aliphatic heterocycles. The van der Waals surface area contributed by atoms with Gasteiger partial charge in [-0.1, -0.05) is 24.3 Å². The van der Waals surface area contributed by atoms with Gasteiger partial charge in [-0.25, -0.2) is 0 Å². The number of aromatic nitrogens is 2. The summed E-state index contributed by atoms with van der Waals surface area (Å²) in [7, 11) is 1.98. The highest BCUT2D eigenvalue weighted by Gasteiger charge is 2.29. The lowest BCUT2D eigenvalue weighted by atomic mass is 9.74. The fourth-order valence-corrected chi connectivity index (χ4v) is 3.32. The summed E-state index contributed by atoms with van der Waals surface area (Å²) in [5, 5.41) is 4.46. The molecule has 0 saturated heterocycles. The Morgan fingerprint density at radius 1 is 1.37 bits per heavy atom. The van der Waals surface area contributed by atoms with Crippen LogP contribution in [0, 0.1) is 13.8 Å². The van der Waals surface area contributed by atoms with Crippen molar-refractivity contribution in [3.63, 3.8) is 0 Å². The highest BCUT2D eigenvalue weighted by Crippen LogP contribution is 2.40. The van der Waals surface area contributed by atoms with Crippen molar-refractivity contribution in [2.45, 2.75) is 38.6 Å². The van der Waals surface area contributed by atoms with Crippen LogP contribution >= 0.6 is 0 Å². The summed E-state index contributed by atoms with van der Waals surface area (Å²) in [5.41, 5.74) is 12.9. The highest BCUT2D eigenvalue weighted by atomic mass is 15.3. The molecular formula is C16H21N3. The van der Waals surface area contributed by atoms with Gasteiger partial charge in [-0.05, 0) is 43.7 Å². The second-order valence-corrected chi connectivity index (χ2v) is 5.65. The number of hydrogen-bond acceptors (Lipinski definition) is 2. The zero-order chi connectivity index (χ0) is 13.6. The van der Waals surface area contributed by atoms with Gasteiger partial charge in [0, 0.05) is 24.3 Å². The number of fused-ring (bicyclic) bond motifs is 1. The van der Waals surface area contributed by atoms with Gasteiger partial charge >= 0.3 is 0 Å². The summed E-state index contributed by atoms with van der Waals surface area (Å²) in [6.07, 6.45) is 2.19. The van der Waals surface area contributed by atoms with Crippen LogP contribution in [-0.4, -0.2) is 9.78 Å². The topological polar surface area (TPSA) is 43.8 Å². The fourth-order valence-electron chi connectivity index (χ4n) is 3.32. The van der Waals surface area contributed by atoms with Crippen molar-refractivity contribution in [2.24, 2.45) is 12.8 Å². The number of aryl methyl sites for hydroxylation is 2. The van der Waals surface area contributed by atoms with Gasteiger partial charge in [0.1, 0.15) is 0 Å². The van der Waals surface area contributed by atoms with Gasteiger partial charge in [-0.2, -0.15) is 5.10 Å². The Labute approximate surface area is 114 Å². The molecule has 19 heavy (non-hydrogen) atoms. The van der Waals surface area contributed by atoms with Crippen molar-refractivity contribution < 1.29 is 0 Å². The van der Waals surface area contributed by atoms with Crippen LogP contribution in [0.5, 0.6) is 0 Å². The van der Waals surface area contributed by atoms with Crippen LogP contribution in [0.2, 0.25) is 0 Å². The van der Waals surface area contributed by atoms with Gasteiger partial charge in [-0.15, -0.1) is 0 Å². The molecule has 3 heteroatoms. The molecule has 0 amide bonds. The molecule has 3 rings (SSSR count). The van der Waals surface area contributed by atoms with Crippen molar-refractivity contribution in [3.05, 3.63) is 52.3 Å². The Hall–Kier alpha value is -1.61. The molecule has 100 valence electrons. The van der Waals surface area contributed by atoms with E-state index in [1.54, 1.807) is 0 Å². The molecule has 1 aromatic heterocycles. The first kappa shape index (κ1) is 12.4. The van der Waals surface area contributed by atoms with E-state index in [9.17, 15) is 0 Å². The maximum absolute atomic E-state index is 6.42. The van der Waals surface area contributed by atoms with Crippen LogP contribution in [0.4, 0.5) is 0 Å². The molecule has 1 heterocycles. The third-order valence-electron chi connectivity index (χ3n) is 4.44. The van der Waals surface area contributed by atoms with Crippen molar-refractivity contribution in [3.8, 4) is 0 Å². The molecule has 3 nitrogen and oxygen atoms in total. The summed E-state index contributed by atoms with van der Waals surface area (Å²) in [5.74, 6) is 0.616. The lowest BCUT2D eigenvalue weighted by molar-refractivity contribution is 0.496. The van der Waals surface area contributed by atoms with Gasteiger partial charge in [0.25, 0.3) is 0 Å². The zero-order valence-corrected chi connectivity index (χ0v) is 11.9. The summed E-state index contributed by atoms with van der Waals surface area (Å²) in [6.45, 7) is 4.15. The number of nitrogens with two attached hydrogens (primary N) is 1. The summed E-state index contributed by atoms with van der Waals surface area (Å²) in [4.78, 5) is 0. The minimum atomic E-state index is 0.0899. The van der Waals surface area contributed by atoms with E-state index < -0.39 is 0 Å². The molecule has 0 spiro atoms. The van der Waals surface area contributed by atoms with Crippen molar-refractivity contribution in [1.29, 1.82) is 0 Å². The normalized spacial score (nSPS) is 18.8. The molecule has 2 aromatic rings. The zero-order valence-electron chi connectivity index (χ0n) is 11.9. The molecule has 2 atom stereocenters. The molecule has 2 unspecified atom stereocenters. The monoisotopic (exact) mass is 255 g/mol. The first-order chi connectivity index (χ1) is 9.08. The van der Waals surface area contributed by atoms with E-state index in [1.807, 2.05) is 11.7 Å². The summed E-state index contributed by atoms with van der Waals surface area (Å²) < 4.78 is 1.93. The Balaban J connectivity index is 1.78. The Morgan fingerprint density at radius 3 is 2.74 bits per heavy atom. The summed E-state index contributed by atoms with van der Waals surface area (Å²) >= 11 is 0. The third-order valence-corrected chi connectivity index (χ3v) is 4.44. The van der Waals surface area contributed by atoms with E-state index >= 15 is 0 Å². The van der Waals surface area contributed by atoms with Gasteiger partial charge in [0.2, 0.25) is 0 Å². The molecule has 0 fully saturated rings. The minimum absolute atomic E-state index is 0.0899. The molecule has 1 aliphatic carbocycles. The smallest absolute Gasteiger partial charge is 0.0644 e. The van der Waals surface area contributed by atoms with E-state index in [0.717, 1.165) is 12.1 Å². The molecule has 1 aromatic carbocycles. The number of rotatable bonds is 3. The third kappa shape index (κ3) is 1.98. The maximum Gasteiger partial charge on any atom is 0.0644 e. The van der Waals surface area contributed by atoms with Gasteiger partial charge < -0.3 is 5.73 Å². The minimum Gasteiger partial charge on any atom is -0.324 e. The predicted molar refractivity (Wildman–Crippen MR) is 77.1 cm³/mol. The molecular weight excluding hydrogens is 234 g/mol. The Morgan fingerprint density at radius 2 is 2.11 bits per heavy atom. The van der Waals surface area contributed by atoms with E-state index in [2.05, 4.69) is 43.2 Å². The van der Waals surface area contributed by atoms with Crippen LogP contribution in [0.15, 0.2) is 24.3 Å². The summed E-state index contributed by atoms with van der Waals surface area (Å²) in [6, 6.07) is 8.78. The van der Waals surface area contributed by atoms with Gasteiger partial charge in [0.05, 0.1) is 5.69 Å². The van der Waals surface area contributed by atoms with Crippen molar-refractivity contribution in [2.75, 3.05) is 0 Å². The van der Waals surface area contributed by atoms with E-state index in [-0.39, 0.29) is 6.04 Å². The van der Waals surface area contributed by atoms with Crippen LogP contribution in [0.1, 0.15) is 46.5 Å². The predicted octanol–water partition coefficient (Wildman–Crippen LogP) is 2.77. The largest absolute Gasteiger partial charge is 0.324 e. The Bertz CT molecular complexity index is 612. The van der Waals surface area contributed by atoms with E-state index in [4.69, 9.17) is 5.73 Å². The molecule has 2 N–H and O–H groups in total. The second kappa shape index (κ2) is 4.49. The first-order valence-electron chi connectivity index (χ1n) is 6.91. The molecule has 1 aliphatic rings. The number of hydrogen-bond donors (Lipinski definition) is 1. The van der Waals surface area contributed by atoms with Crippen LogP contribution in [0.3, 0.4) is 0 Å². The second-order valence-electron chi connectivity index (χ2n) is 5.65. The van der Waals surface area contributed by atoms with Crippen molar-refractivity contribution in [1.82, 2.24) is 9.78 Å². The SMILES string of the molecule is Cc1nn(C)c(C)c1C(N)CC1Cc2ccccc21. The molecule has 0 bridgehead atoms. The lowest BCUT2D eigenvalue weighted by Crippen LogP contribution is -2.23.